The highest BCUT2D eigenvalue weighted by atomic mass is 16.8. The van der Waals surface area contributed by atoms with Gasteiger partial charge < -0.3 is 204 Å². The van der Waals surface area contributed by atoms with E-state index < -0.39 is 316 Å². The van der Waals surface area contributed by atoms with Gasteiger partial charge in [-0.25, -0.2) is 0 Å². The normalized spacial score (nSPS) is 40.0. The lowest BCUT2D eigenvalue weighted by Gasteiger charge is -2.52. The number of carbonyl (C=O) groups is 3. The zero-order chi connectivity index (χ0) is 98.0. The number of aliphatic hydroxyl groups is 22. The lowest BCUT2D eigenvalue weighted by molar-refractivity contribution is -0.401. The smallest absolute Gasteiger partial charge is 0.220 e. The molecule has 782 valence electrons. The van der Waals surface area contributed by atoms with Gasteiger partial charge in [0.1, 0.15) is 183 Å². The standard InChI is InChI=1S/C90H161N3O41/c1-7-9-11-13-15-17-19-21-22-23-24-26-28-30-32-34-36-38-58(103)93-50(51(102)37-35-33-31-29-27-25-20-18-16-14-12-10-8-2)45-119-85-73(116)70(113)77(56(43-98)127-85)129-89-74(117)80(64(107)53(40-95)123-89)132-83-59(91-48(5)100)66(109)76(55(42-97)125-83)128-88-75(118)81(65(108)54(41-96)122-88)133-84-60(92-49(6)101)79(131-86-71(114)67(110)61(104)46(3)120-86)78(57(44-99)126-84)130-90-82(69(112)63(106)52(39-94)124-90)134-87-72(115)68(111)62(105)47(4)121-87/h35,37,46-47,50-57,59-90,94-99,102,104-118H,7-34,36,38-45H2,1-6H3,(H,91,100)(H,92,101)(H,93,103)/b37-35+/t46?,47?,50-,51+,52?,53?,54?,55?,56?,57?,59?,60?,61+,62+,63-,64-,65-,66+,67?,68?,69-,70+,71-,72-,73?,74?,75?,76+,77+,78+,79+,80-,81-,82?,83-,84-,85+,86+,87+,88-,89-,90-/m0/s1. The maximum atomic E-state index is 13.6. The molecule has 0 bridgehead atoms. The Bertz CT molecular complexity index is 3270. The Labute approximate surface area is 783 Å². The first kappa shape index (κ1) is 116. The van der Waals surface area contributed by atoms with E-state index in [1.54, 1.807) is 6.08 Å². The molecule has 42 atom stereocenters. The van der Waals surface area contributed by atoms with Crippen LogP contribution in [0.15, 0.2) is 12.2 Å². The van der Waals surface area contributed by atoms with Crippen LogP contribution in [0.4, 0.5) is 0 Å². The molecule has 0 aliphatic carbocycles. The minimum Gasteiger partial charge on any atom is -0.394 e. The highest BCUT2D eigenvalue weighted by molar-refractivity contribution is 5.76. The summed E-state index contributed by atoms with van der Waals surface area (Å²) in [5.41, 5.74) is 0. The second-order valence-electron chi connectivity index (χ2n) is 36.9. The number of hydrogen-bond donors (Lipinski definition) is 25. The molecule has 0 radical (unpaired) electrons. The van der Waals surface area contributed by atoms with Crippen molar-refractivity contribution in [3.63, 3.8) is 0 Å². The average molecular weight is 1940 g/mol. The van der Waals surface area contributed by atoms with Crippen LogP contribution < -0.4 is 16.0 Å². The molecule has 8 fully saturated rings. The summed E-state index contributed by atoms with van der Waals surface area (Å²) in [7, 11) is 0. The molecule has 44 heteroatoms. The molecule has 8 heterocycles. The van der Waals surface area contributed by atoms with Crippen LogP contribution in [0.25, 0.3) is 0 Å². The molecule has 16 unspecified atom stereocenters. The van der Waals surface area contributed by atoms with E-state index >= 15 is 0 Å². The molecule has 8 rings (SSSR count). The second-order valence-corrected chi connectivity index (χ2v) is 36.9. The molecule has 0 spiro atoms. The van der Waals surface area contributed by atoms with Crippen molar-refractivity contribution in [2.75, 3.05) is 46.2 Å². The zero-order valence-corrected chi connectivity index (χ0v) is 78.2. The third-order valence-corrected chi connectivity index (χ3v) is 26.4. The number of unbranched alkanes of at least 4 members (excludes halogenated alkanes) is 27. The van der Waals surface area contributed by atoms with Gasteiger partial charge in [-0.05, 0) is 33.1 Å². The summed E-state index contributed by atoms with van der Waals surface area (Å²) in [6, 6.07) is -5.00. The van der Waals surface area contributed by atoms with E-state index in [4.69, 9.17) is 75.8 Å². The van der Waals surface area contributed by atoms with Gasteiger partial charge in [-0.1, -0.05) is 193 Å². The summed E-state index contributed by atoms with van der Waals surface area (Å²) >= 11 is 0. The summed E-state index contributed by atoms with van der Waals surface area (Å²) in [6.07, 6.45) is -39.7. The number of carbonyl (C=O) groups excluding carboxylic acids is 3. The molecule has 8 saturated heterocycles. The first-order valence-corrected chi connectivity index (χ1v) is 48.7. The summed E-state index contributed by atoms with van der Waals surface area (Å²) in [6.45, 7) is 1.93. The van der Waals surface area contributed by atoms with E-state index in [1.807, 2.05) is 6.08 Å². The lowest BCUT2D eigenvalue weighted by atomic mass is 9.93. The van der Waals surface area contributed by atoms with Gasteiger partial charge in [-0.15, -0.1) is 0 Å². The fraction of sp³-hybridized carbons (Fsp3) is 0.944. The topological polar surface area (TPSA) is 680 Å². The van der Waals surface area contributed by atoms with E-state index in [0.717, 1.165) is 65.2 Å². The first-order chi connectivity index (χ1) is 64.2. The molecular weight excluding hydrogens is 1780 g/mol. The van der Waals surface area contributed by atoms with E-state index in [9.17, 15) is 127 Å². The van der Waals surface area contributed by atoms with Crippen molar-refractivity contribution in [3.8, 4) is 0 Å². The maximum Gasteiger partial charge on any atom is 0.220 e. The van der Waals surface area contributed by atoms with Crippen molar-refractivity contribution in [1.82, 2.24) is 16.0 Å². The molecule has 0 saturated carbocycles. The maximum absolute atomic E-state index is 13.6. The molecule has 0 aromatic carbocycles. The van der Waals surface area contributed by atoms with Crippen LogP contribution in [0.1, 0.15) is 234 Å². The van der Waals surface area contributed by atoms with Crippen molar-refractivity contribution in [2.24, 2.45) is 0 Å². The van der Waals surface area contributed by atoms with Crippen molar-refractivity contribution < 1.29 is 203 Å². The minimum absolute atomic E-state index is 0.155. The van der Waals surface area contributed by atoms with Crippen molar-refractivity contribution >= 4 is 17.7 Å². The van der Waals surface area contributed by atoms with Crippen LogP contribution in [-0.4, -0.2) is 434 Å². The number of ether oxygens (including phenoxy) is 16. The Morgan fingerprint density at radius 1 is 0.306 bits per heavy atom. The Balaban J connectivity index is 0.941. The molecular formula is C90H161N3O41. The molecule has 3 amide bonds. The van der Waals surface area contributed by atoms with Crippen LogP contribution in [0, 0.1) is 0 Å². The van der Waals surface area contributed by atoms with E-state index in [1.165, 1.54) is 136 Å². The van der Waals surface area contributed by atoms with Crippen molar-refractivity contribution in [2.45, 2.75) is 492 Å². The average Bonchev–Trinajstić information content (AvgIpc) is 0.756. The zero-order valence-electron chi connectivity index (χ0n) is 78.2. The third-order valence-electron chi connectivity index (χ3n) is 26.4. The Morgan fingerprint density at radius 2 is 0.627 bits per heavy atom. The quantitative estimate of drug-likeness (QED) is 0.0204. The monoisotopic (exact) mass is 1940 g/mol. The Kier molecular flexibility index (Phi) is 51.6. The van der Waals surface area contributed by atoms with Gasteiger partial charge in [0, 0.05) is 20.3 Å². The molecule has 0 aromatic rings. The van der Waals surface area contributed by atoms with Gasteiger partial charge in [-0.2, -0.15) is 0 Å². The molecule has 134 heavy (non-hydrogen) atoms. The van der Waals surface area contributed by atoms with Gasteiger partial charge in [0.15, 0.2) is 50.3 Å². The highest BCUT2D eigenvalue weighted by Crippen LogP contribution is 2.41. The van der Waals surface area contributed by atoms with Gasteiger partial charge in [0.2, 0.25) is 17.7 Å². The molecule has 44 nitrogen and oxygen atoms in total. The summed E-state index contributed by atoms with van der Waals surface area (Å²) in [5, 5.41) is 257. The summed E-state index contributed by atoms with van der Waals surface area (Å²) < 4.78 is 96.7. The minimum atomic E-state index is -2.40. The van der Waals surface area contributed by atoms with Crippen LogP contribution in [-0.2, 0) is 90.2 Å². The fourth-order valence-electron chi connectivity index (χ4n) is 18.3. The molecule has 8 aliphatic rings. The summed E-state index contributed by atoms with van der Waals surface area (Å²) in [4.78, 5) is 40.3. The van der Waals surface area contributed by atoms with E-state index in [-0.39, 0.29) is 12.3 Å². The highest BCUT2D eigenvalue weighted by Gasteiger charge is 2.61. The van der Waals surface area contributed by atoms with Gasteiger partial charge in [0.25, 0.3) is 0 Å². The largest absolute Gasteiger partial charge is 0.394 e. The van der Waals surface area contributed by atoms with Gasteiger partial charge in [0.05, 0.1) is 70.6 Å². The number of allylic oxidation sites excluding steroid dienone is 1. The predicted molar refractivity (Wildman–Crippen MR) is 465 cm³/mol. The van der Waals surface area contributed by atoms with Crippen molar-refractivity contribution in [3.05, 3.63) is 12.2 Å². The Morgan fingerprint density at radius 3 is 1.06 bits per heavy atom. The Hall–Kier alpha value is -3.37. The predicted octanol–water partition coefficient (Wildman–Crippen LogP) is -3.94. The van der Waals surface area contributed by atoms with E-state index in [0.29, 0.717) is 12.8 Å². The van der Waals surface area contributed by atoms with Crippen LogP contribution in [0.5, 0.6) is 0 Å². The van der Waals surface area contributed by atoms with Crippen LogP contribution in [0.2, 0.25) is 0 Å². The van der Waals surface area contributed by atoms with Gasteiger partial charge >= 0.3 is 0 Å². The lowest BCUT2D eigenvalue weighted by Crippen LogP contribution is -2.72. The first-order valence-electron chi connectivity index (χ1n) is 48.7. The SMILES string of the molecule is CCCCCCCCCCCCC/C=C/[C@@H](O)[C@H](CO[C@@H]1OC(CO)[C@@H](O[C@@H]2OC(CO)[C@H](O)[C@H](O[C@@H]3OC(CO)[C@@H](O[C@@H]4OC(CO)[C@H](O)[C@H](O[C@@H]5OC(CO)[C@@H](O[C@@H]6OC(CO)[C@H](O)[C@H](O)C6O[C@H]6OC(C)[C@@H](O)C(O)[C@@H]6O)[C@H](O[C@H]6OC(C)[C@@H](O)C(O)[C@@H]6O)C5NC(C)=O)C4O)[C@H](O)C3NC(C)=O)C2O)[C@H](O)C1O)NC(=O)CCCCCCCCCCCCCCCCCCC. The fourth-order valence-corrected chi connectivity index (χ4v) is 18.3. The molecule has 0 aromatic heterocycles. The third kappa shape index (κ3) is 33.1. The van der Waals surface area contributed by atoms with Crippen LogP contribution >= 0.6 is 0 Å². The number of hydrogen-bond acceptors (Lipinski definition) is 41. The van der Waals surface area contributed by atoms with E-state index in [2.05, 4.69) is 29.8 Å². The number of nitrogens with one attached hydrogen (secondary N) is 3. The molecule has 25 N–H and O–H groups in total. The molecule has 8 aliphatic heterocycles. The second kappa shape index (κ2) is 59.6. The number of amides is 3. The summed E-state index contributed by atoms with van der Waals surface area (Å²) in [5.74, 6) is -2.24. The van der Waals surface area contributed by atoms with Gasteiger partial charge in [-0.3, -0.25) is 14.4 Å². The number of rotatable bonds is 58. The number of aliphatic hydroxyl groups excluding tert-OH is 22. The van der Waals surface area contributed by atoms with Crippen LogP contribution in [0.3, 0.4) is 0 Å². The van der Waals surface area contributed by atoms with Crippen molar-refractivity contribution in [1.29, 1.82) is 0 Å².